The Balaban J connectivity index is 1.45. The molecule has 0 bridgehead atoms. The van der Waals surface area contributed by atoms with Crippen LogP contribution in [0.3, 0.4) is 0 Å². The van der Waals surface area contributed by atoms with Gasteiger partial charge in [0.2, 0.25) is 0 Å². The lowest BCUT2D eigenvalue weighted by molar-refractivity contribution is 0.0781. The summed E-state index contributed by atoms with van der Waals surface area (Å²) in [5.41, 5.74) is 11.1. The Labute approximate surface area is 165 Å². The van der Waals surface area contributed by atoms with Crippen molar-refractivity contribution in [1.29, 1.82) is 0 Å². The average molecular weight is 384 g/mol. The zero-order valence-electron chi connectivity index (χ0n) is 16.0. The Morgan fingerprint density at radius 2 is 2.00 bits per heavy atom. The molecular weight excluding hydrogens is 358 g/mol. The number of halogens is 1. The van der Waals surface area contributed by atoms with Gasteiger partial charge in [-0.15, -0.1) is 0 Å². The molecule has 2 aliphatic rings. The monoisotopic (exact) mass is 383 g/mol. The fraction of sp³-hybridized carbons (Fsp3) is 0.409. The zero-order chi connectivity index (χ0) is 19.2. The Morgan fingerprint density at radius 1 is 1.22 bits per heavy atom. The lowest BCUT2D eigenvalue weighted by Crippen LogP contribution is -2.27. The standard InChI is InChI=1S/C22H26ClN3O/c1-25(2)14-22(7-8-22)17-5-3-4-15(10-17)6-9-26-13-16-11-18(23)12-19(24)20(16)21(26)27/h3-5,10-12H,6-9,13-14,24H2,1-2H3. The van der Waals surface area contributed by atoms with Crippen molar-refractivity contribution in [3.05, 3.63) is 63.7 Å². The third-order valence-electron chi connectivity index (χ3n) is 5.76. The number of likely N-dealkylation sites (N-methyl/N-ethyl adjacent to an activating group) is 1. The van der Waals surface area contributed by atoms with Gasteiger partial charge in [-0.1, -0.05) is 35.9 Å². The molecule has 0 aromatic heterocycles. The molecule has 27 heavy (non-hydrogen) atoms. The number of anilines is 1. The van der Waals surface area contributed by atoms with Gasteiger partial charge in [0.1, 0.15) is 0 Å². The first kappa shape index (κ1) is 18.3. The second-order valence-electron chi connectivity index (χ2n) is 8.22. The summed E-state index contributed by atoms with van der Waals surface area (Å²) in [5, 5.41) is 0.587. The van der Waals surface area contributed by atoms with E-state index in [9.17, 15) is 4.79 Å². The normalized spacial score (nSPS) is 17.5. The van der Waals surface area contributed by atoms with Crippen LogP contribution in [0, 0.1) is 0 Å². The molecule has 1 fully saturated rings. The minimum Gasteiger partial charge on any atom is -0.398 e. The number of carbonyl (C=O) groups excluding carboxylic acids is 1. The maximum atomic E-state index is 12.7. The summed E-state index contributed by atoms with van der Waals surface area (Å²) in [6.45, 7) is 2.37. The van der Waals surface area contributed by atoms with E-state index in [1.165, 1.54) is 24.0 Å². The Morgan fingerprint density at radius 3 is 2.70 bits per heavy atom. The van der Waals surface area contributed by atoms with Crippen LogP contribution in [0.1, 0.15) is 39.9 Å². The van der Waals surface area contributed by atoms with E-state index in [0.717, 1.165) is 18.5 Å². The van der Waals surface area contributed by atoms with Crippen molar-refractivity contribution in [2.24, 2.45) is 0 Å². The lowest BCUT2D eigenvalue weighted by Gasteiger charge is -2.21. The second-order valence-corrected chi connectivity index (χ2v) is 8.66. The maximum absolute atomic E-state index is 12.7. The number of carbonyl (C=O) groups is 1. The summed E-state index contributed by atoms with van der Waals surface area (Å²) in [4.78, 5) is 16.8. The van der Waals surface area contributed by atoms with Crippen molar-refractivity contribution in [2.75, 3.05) is 32.9 Å². The first-order chi connectivity index (χ1) is 12.9. The highest BCUT2D eigenvalue weighted by molar-refractivity contribution is 6.31. The first-order valence-corrected chi connectivity index (χ1v) is 9.87. The van der Waals surface area contributed by atoms with E-state index in [-0.39, 0.29) is 5.91 Å². The van der Waals surface area contributed by atoms with E-state index in [1.807, 2.05) is 11.0 Å². The van der Waals surface area contributed by atoms with Gasteiger partial charge in [0.05, 0.1) is 5.56 Å². The number of nitrogen functional groups attached to an aromatic ring is 1. The van der Waals surface area contributed by atoms with Crippen molar-refractivity contribution in [3.63, 3.8) is 0 Å². The molecule has 0 atom stereocenters. The van der Waals surface area contributed by atoms with Crippen molar-refractivity contribution in [2.45, 2.75) is 31.2 Å². The Hall–Kier alpha value is -2.04. The van der Waals surface area contributed by atoms with Crippen LogP contribution in [0.4, 0.5) is 5.69 Å². The van der Waals surface area contributed by atoms with Crippen molar-refractivity contribution >= 4 is 23.2 Å². The molecule has 1 aliphatic carbocycles. The predicted octanol–water partition coefficient (Wildman–Crippen LogP) is 3.71. The third-order valence-corrected chi connectivity index (χ3v) is 5.98. The van der Waals surface area contributed by atoms with Crippen LogP contribution < -0.4 is 5.73 Å². The van der Waals surface area contributed by atoms with E-state index in [0.29, 0.717) is 34.8 Å². The van der Waals surface area contributed by atoms with Crippen LogP contribution in [-0.2, 0) is 18.4 Å². The Bertz CT molecular complexity index is 889. The van der Waals surface area contributed by atoms with Gasteiger partial charge in [-0.2, -0.15) is 0 Å². The van der Waals surface area contributed by atoms with Gasteiger partial charge in [0.15, 0.2) is 0 Å². The minimum atomic E-state index is 0.0154. The SMILES string of the molecule is CN(C)CC1(c2cccc(CCN3Cc4cc(Cl)cc(N)c4C3=O)c2)CC1. The maximum Gasteiger partial charge on any atom is 0.256 e. The molecule has 1 heterocycles. The summed E-state index contributed by atoms with van der Waals surface area (Å²) >= 11 is 6.09. The van der Waals surface area contributed by atoms with Crippen LogP contribution in [0.2, 0.25) is 5.02 Å². The highest BCUT2D eigenvalue weighted by atomic mass is 35.5. The number of rotatable bonds is 6. The van der Waals surface area contributed by atoms with Crippen LogP contribution in [0.5, 0.6) is 0 Å². The molecule has 142 valence electrons. The molecule has 1 amide bonds. The fourth-order valence-corrected chi connectivity index (χ4v) is 4.55. The lowest BCUT2D eigenvalue weighted by atomic mass is 9.93. The van der Waals surface area contributed by atoms with Crippen molar-refractivity contribution in [3.8, 4) is 0 Å². The molecule has 0 spiro atoms. The summed E-state index contributed by atoms with van der Waals surface area (Å²) in [5.74, 6) is 0.0154. The molecule has 2 aromatic carbocycles. The summed E-state index contributed by atoms with van der Waals surface area (Å²) < 4.78 is 0. The van der Waals surface area contributed by atoms with Gasteiger partial charge in [-0.05, 0) is 62.2 Å². The number of benzene rings is 2. The smallest absolute Gasteiger partial charge is 0.256 e. The van der Waals surface area contributed by atoms with Crippen molar-refractivity contribution in [1.82, 2.24) is 9.80 Å². The van der Waals surface area contributed by atoms with Gasteiger partial charge in [0, 0.05) is 35.8 Å². The van der Waals surface area contributed by atoms with E-state index >= 15 is 0 Å². The van der Waals surface area contributed by atoms with Gasteiger partial charge in [0.25, 0.3) is 5.91 Å². The second kappa shape index (κ2) is 6.84. The molecular formula is C22H26ClN3O. The molecule has 1 aliphatic heterocycles. The summed E-state index contributed by atoms with van der Waals surface area (Å²) in [7, 11) is 4.27. The van der Waals surface area contributed by atoms with Gasteiger partial charge >= 0.3 is 0 Å². The zero-order valence-corrected chi connectivity index (χ0v) is 16.7. The molecule has 4 nitrogen and oxygen atoms in total. The number of nitrogens with zero attached hydrogens (tertiary/aromatic N) is 2. The first-order valence-electron chi connectivity index (χ1n) is 9.49. The molecule has 5 heteroatoms. The molecule has 2 aromatic rings. The van der Waals surface area contributed by atoms with Gasteiger partial charge in [-0.25, -0.2) is 0 Å². The molecule has 0 saturated heterocycles. The number of nitrogens with two attached hydrogens (primary N) is 1. The number of amides is 1. The molecule has 0 unspecified atom stereocenters. The molecule has 4 rings (SSSR count). The number of hydrogen-bond acceptors (Lipinski definition) is 3. The van der Waals surface area contributed by atoms with Gasteiger partial charge in [-0.3, -0.25) is 4.79 Å². The quantitative estimate of drug-likeness (QED) is 0.773. The largest absolute Gasteiger partial charge is 0.398 e. The molecule has 2 N–H and O–H groups in total. The highest BCUT2D eigenvalue weighted by Gasteiger charge is 2.44. The van der Waals surface area contributed by atoms with Crippen LogP contribution in [0.25, 0.3) is 0 Å². The Kier molecular flexibility index (Phi) is 4.65. The van der Waals surface area contributed by atoms with E-state index in [2.05, 4.69) is 43.3 Å². The third kappa shape index (κ3) is 3.56. The van der Waals surface area contributed by atoms with E-state index in [4.69, 9.17) is 17.3 Å². The molecule has 1 saturated carbocycles. The topological polar surface area (TPSA) is 49.6 Å². The highest BCUT2D eigenvalue weighted by Crippen LogP contribution is 2.48. The van der Waals surface area contributed by atoms with Gasteiger partial charge < -0.3 is 15.5 Å². The summed E-state index contributed by atoms with van der Waals surface area (Å²) in [6.07, 6.45) is 3.36. The average Bonchev–Trinajstić information content (AvgIpc) is 3.30. The summed E-state index contributed by atoms with van der Waals surface area (Å²) in [6, 6.07) is 12.4. The fourth-order valence-electron chi connectivity index (χ4n) is 4.30. The van der Waals surface area contributed by atoms with Crippen LogP contribution >= 0.6 is 11.6 Å². The number of hydrogen-bond donors (Lipinski definition) is 1. The van der Waals surface area contributed by atoms with Crippen LogP contribution in [-0.4, -0.2) is 42.9 Å². The van der Waals surface area contributed by atoms with Crippen molar-refractivity contribution < 1.29 is 4.79 Å². The van der Waals surface area contributed by atoms with Crippen LogP contribution in [0.15, 0.2) is 36.4 Å². The molecule has 0 radical (unpaired) electrons. The van der Waals surface area contributed by atoms with E-state index < -0.39 is 0 Å². The van der Waals surface area contributed by atoms with E-state index in [1.54, 1.807) is 6.07 Å². The number of fused-ring (bicyclic) bond motifs is 1. The minimum absolute atomic E-state index is 0.0154. The predicted molar refractivity (Wildman–Crippen MR) is 110 cm³/mol.